The number of hydrogen-bond donors (Lipinski definition) is 1. The first kappa shape index (κ1) is 12.1. The zero-order chi connectivity index (χ0) is 9.61. The van der Waals surface area contributed by atoms with Crippen LogP contribution in [0.2, 0.25) is 0 Å². The summed E-state index contributed by atoms with van der Waals surface area (Å²) in [5, 5.41) is 3.40. The third-order valence-corrected chi connectivity index (χ3v) is 1.10. The van der Waals surface area contributed by atoms with Crippen LogP contribution in [0.3, 0.4) is 0 Å². The van der Waals surface area contributed by atoms with Gasteiger partial charge in [0.05, 0.1) is 0 Å². The maximum Gasteiger partial charge on any atom is 0.411 e. The first-order valence-electron chi connectivity index (χ1n) is 2.73. The molecule has 3 nitrogen and oxygen atoms in total. The summed E-state index contributed by atoms with van der Waals surface area (Å²) in [6.45, 7) is -0.311. The van der Waals surface area contributed by atoms with E-state index in [-0.39, 0.29) is 6.61 Å². The molecule has 0 spiro atoms. The molecule has 1 amide bonds. The lowest BCUT2D eigenvalue weighted by molar-refractivity contribution is 0.152. The van der Waals surface area contributed by atoms with Gasteiger partial charge in [-0.05, 0) is 0 Å². The highest BCUT2D eigenvalue weighted by molar-refractivity contribution is 7.83. The Morgan fingerprint density at radius 3 is 2.58 bits per heavy atom. The van der Waals surface area contributed by atoms with Crippen molar-refractivity contribution < 1.29 is 9.53 Å². The fraction of sp³-hybridized carbons (Fsp3) is 0.400. The van der Waals surface area contributed by atoms with Gasteiger partial charge in [0, 0.05) is 11.6 Å². The van der Waals surface area contributed by atoms with Crippen LogP contribution in [-0.4, -0.2) is 16.5 Å². The van der Waals surface area contributed by atoms with Crippen LogP contribution in [0.25, 0.3) is 0 Å². The molecule has 1 radical (unpaired) electrons. The molecule has 0 unspecified atom stereocenters. The molecule has 0 aliphatic heterocycles. The van der Waals surface area contributed by atoms with Crippen LogP contribution in [0.4, 0.5) is 4.79 Å². The second-order valence-electron chi connectivity index (χ2n) is 1.64. The van der Waals surface area contributed by atoms with Gasteiger partial charge in [-0.1, -0.05) is 47.4 Å². The summed E-state index contributed by atoms with van der Waals surface area (Å²) in [6, 6.07) is 0. The number of nitrogens with one attached hydrogen (secondary N) is 1. The smallest absolute Gasteiger partial charge is 0.411 e. The van der Waals surface area contributed by atoms with Crippen molar-refractivity contribution in [2.75, 3.05) is 6.61 Å². The summed E-state index contributed by atoms with van der Waals surface area (Å²) < 4.78 is 2.88. The molecule has 0 bridgehead atoms. The molecule has 0 aliphatic rings. The number of hydrogen-bond acceptors (Lipinski definition) is 2. The van der Waals surface area contributed by atoms with Gasteiger partial charge in [0.25, 0.3) is 0 Å². The average molecular weight is 250 g/mol. The Morgan fingerprint density at radius 1 is 1.58 bits per heavy atom. The van der Waals surface area contributed by atoms with Crippen LogP contribution in [-0.2, 0) is 4.74 Å². The zero-order valence-electron chi connectivity index (χ0n) is 5.72. The minimum absolute atomic E-state index is 0.311. The molecule has 1 N–H and O–H groups in total. The van der Waals surface area contributed by atoms with E-state index < -0.39 is 9.89 Å². The Labute approximate surface area is 90.4 Å². The quantitative estimate of drug-likeness (QED) is 0.764. The lowest BCUT2D eigenvalue weighted by Crippen LogP contribution is -2.23. The van der Waals surface area contributed by atoms with Gasteiger partial charge in [-0.2, -0.15) is 0 Å². The first-order chi connectivity index (χ1) is 5.45. The van der Waals surface area contributed by atoms with Crippen LogP contribution in [0.5, 0.6) is 0 Å². The lowest BCUT2D eigenvalue weighted by atomic mass is 10.8. The number of halogens is 3. The maximum atomic E-state index is 10.6. The first-order valence-corrected chi connectivity index (χ1v) is 4.33. The van der Waals surface area contributed by atoms with E-state index in [1.54, 1.807) is 0 Å². The molecule has 0 aromatic heterocycles. The van der Waals surface area contributed by atoms with Crippen LogP contribution in [0, 0.1) is 0 Å². The highest BCUT2D eigenvalue weighted by atomic mass is 35.6. The molecule has 0 aromatic rings. The second-order valence-corrected chi connectivity index (χ2v) is 4.43. The van der Waals surface area contributed by atoms with Crippen molar-refractivity contribution in [3.05, 3.63) is 11.6 Å². The van der Waals surface area contributed by atoms with Crippen LogP contribution in [0.1, 0.15) is 0 Å². The molecule has 0 fully saturated rings. The van der Waals surface area contributed by atoms with Gasteiger partial charge in [0.15, 0.2) is 0 Å². The summed E-state index contributed by atoms with van der Waals surface area (Å²) in [5.74, 6) is 0. The monoisotopic (exact) mass is 248 g/mol. The van der Waals surface area contributed by atoms with E-state index in [1.165, 1.54) is 11.6 Å². The molecule has 12 heavy (non-hydrogen) atoms. The fourth-order valence-corrected chi connectivity index (χ4v) is 0.523. The molecule has 0 saturated heterocycles. The Hall–Kier alpha value is 0.1000. The van der Waals surface area contributed by atoms with Gasteiger partial charge in [-0.15, -0.1) is 0 Å². The van der Waals surface area contributed by atoms with E-state index in [0.29, 0.717) is 0 Å². The number of rotatable bonds is 2. The second kappa shape index (κ2) is 5.70. The number of amides is 1. The van der Waals surface area contributed by atoms with Gasteiger partial charge in [0.1, 0.15) is 6.61 Å². The highest BCUT2D eigenvalue weighted by Crippen LogP contribution is 2.25. The van der Waals surface area contributed by atoms with Crippen molar-refractivity contribution in [1.29, 1.82) is 0 Å². The zero-order valence-corrected chi connectivity index (χ0v) is 8.80. The summed E-state index contributed by atoms with van der Waals surface area (Å²) in [4.78, 5) is 10.6. The Bertz CT molecular complexity index is 180. The van der Waals surface area contributed by atoms with Crippen LogP contribution < -0.4 is 5.32 Å². The van der Waals surface area contributed by atoms with Crippen molar-refractivity contribution >= 4 is 53.5 Å². The van der Waals surface area contributed by atoms with E-state index in [0.717, 1.165) is 0 Å². The fourth-order valence-electron chi connectivity index (χ4n) is 0.291. The van der Waals surface area contributed by atoms with Crippen molar-refractivity contribution in [2.24, 2.45) is 0 Å². The lowest BCUT2D eigenvalue weighted by Gasteiger charge is -2.10. The standard InChI is InChI=1S/C5H5Cl3NO2S/c6-5(7,8)3-11-4(10)9-1-2-12/h1-2H,3H2,(H,9,10). The van der Waals surface area contributed by atoms with Crippen LogP contribution >= 0.6 is 47.4 Å². The average Bonchev–Trinajstić information content (AvgIpc) is 1.95. The van der Waals surface area contributed by atoms with E-state index in [1.807, 2.05) is 0 Å². The summed E-state index contributed by atoms with van der Waals surface area (Å²) in [6.07, 6.45) is 0.512. The van der Waals surface area contributed by atoms with E-state index in [4.69, 9.17) is 34.8 Å². The number of alkyl carbamates (subject to hydrolysis) is 1. The molecule has 69 valence electrons. The normalized spacial score (nSPS) is 11.6. The molecule has 0 saturated carbocycles. The predicted molar refractivity (Wildman–Crippen MR) is 51.5 cm³/mol. The third kappa shape index (κ3) is 8.20. The van der Waals surface area contributed by atoms with E-state index in [9.17, 15) is 4.79 Å². The molecular weight excluding hydrogens is 244 g/mol. The maximum absolute atomic E-state index is 10.6. The van der Waals surface area contributed by atoms with Crippen molar-refractivity contribution in [3.63, 3.8) is 0 Å². The minimum atomic E-state index is -1.59. The Balaban J connectivity index is 3.58. The van der Waals surface area contributed by atoms with Gasteiger partial charge >= 0.3 is 6.09 Å². The van der Waals surface area contributed by atoms with Crippen molar-refractivity contribution in [2.45, 2.75) is 3.79 Å². The third-order valence-electron chi connectivity index (χ3n) is 0.636. The van der Waals surface area contributed by atoms with Gasteiger partial charge < -0.3 is 4.74 Å². The number of carbonyl (C=O) groups excluding carboxylic acids is 1. The van der Waals surface area contributed by atoms with E-state index >= 15 is 0 Å². The topological polar surface area (TPSA) is 38.3 Å². The minimum Gasteiger partial charge on any atom is -0.445 e. The molecule has 7 heteroatoms. The molecule has 0 aromatic carbocycles. The molecule has 0 heterocycles. The van der Waals surface area contributed by atoms with Gasteiger partial charge in [-0.3, -0.25) is 5.32 Å². The SMILES string of the molecule is O=C(NC=C[S])OCC(Cl)(Cl)Cl. The van der Waals surface area contributed by atoms with Gasteiger partial charge in [0.2, 0.25) is 3.79 Å². The van der Waals surface area contributed by atoms with Crippen molar-refractivity contribution in [1.82, 2.24) is 5.32 Å². The largest absolute Gasteiger partial charge is 0.445 e. The predicted octanol–water partition coefficient (Wildman–Crippen LogP) is 2.75. The summed E-state index contributed by atoms with van der Waals surface area (Å²) in [7, 11) is 0. The number of alkyl halides is 3. The van der Waals surface area contributed by atoms with Crippen molar-refractivity contribution in [3.8, 4) is 0 Å². The molecule has 0 rings (SSSR count). The number of carbonyl (C=O) groups is 1. The van der Waals surface area contributed by atoms with E-state index in [2.05, 4.69) is 22.7 Å². The van der Waals surface area contributed by atoms with Crippen LogP contribution in [0.15, 0.2) is 11.6 Å². The Morgan fingerprint density at radius 2 is 2.17 bits per heavy atom. The molecule has 0 aliphatic carbocycles. The number of ether oxygens (including phenoxy) is 1. The molecule has 0 atom stereocenters. The molecular formula is C5H5Cl3NO2S. The summed E-state index contributed by atoms with van der Waals surface area (Å²) >= 11 is 20.3. The van der Waals surface area contributed by atoms with Gasteiger partial charge in [-0.25, -0.2) is 4.79 Å². The highest BCUT2D eigenvalue weighted by Gasteiger charge is 2.21. The summed E-state index contributed by atoms with van der Waals surface area (Å²) in [5.41, 5.74) is 0. The Kier molecular flexibility index (Phi) is 5.74.